The van der Waals surface area contributed by atoms with Crippen LogP contribution in [0.3, 0.4) is 0 Å². The van der Waals surface area contributed by atoms with Crippen molar-refractivity contribution >= 4 is 17.6 Å². The van der Waals surface area contributed by atoms with Crippen LogP contribution in [0.25, 0.3) is 0 Å². The molecule has 0 unspecified atom stereocenters. The largest absolute Gasteiger partial charge is 0.376 e. The van der Waals surface area contributed by atoms with Crippen molar-refractivity contribution in [3.8, 4) is 0 Å². The number of amides is 2. The zero-order chi connectivity index (χ0) is 17.7. The Balaban J connectivity index is 1.97. The third-order valence-corrected chi connectivity index (χ3v) is 3.71. The Morgan fingerprint density at radius 3 is 2.71 bits per heavy atom. The molecule has 1 N–H and O–H groups in total. The van der Waals surface area contributed by atoms with Crippen LogP contribution in [0.1, 0.15) is 45.8 Å². The summed E-state index contributed by atoms with van der Waals surface area (Å²) in [5.41, 5.74) is -0.133. The summed E-state index contributed by atoms with van der Waals surface area (Å²) < 4.78 is 10.5. The van der Waals surface area contributed by atoms with Crippen LogP contribution in [0.15, 0.2) is 10.6 Å². The van der Waals surface area contributed by atoms with Crippen molar-refractivity contribution in [3.05, 3.63) is 11.8 Å². The van der Waals surface area contributed by atoms with Crippen molar-refractivity contribution in [1.82, 2.24) is 10.1 Å². The molecule has 1 aromatic rings. The molecule has 1 aliphatic heterocycles. The molecule has 1 fully saturated rings. The molecule has 134 valence electrons. The van der Waals surface area contributed by atoms with Crippen LogP contribution in [0.2, 0.25) is 0 Å². The summed E-state index contributed by atoms with van der Waals surface area (Å²) in [6.07, 6.45) is 2.31. The lowest BCUT2D eigenvalue weighted by Gasteiger charge is -2.28. The number of aromatic nitrogens is 1. The summed E-state index contributed by atoms with van der Waals surface area (Å²) in [5.74, 6) is 0.649. The highest BCUT2D eigenvalue weighted by molar-refractivity contribution is 5.93. The van der Waals surface area contributed by atoms with Gasteiger partial charge in [0.2, 0.25) is 11.8 Å². The van der Waals surface area contributed by atoms with Gasteiger partial charge in [-0.2, -0.15) is 0 Å². The van der Waals surface area contributed by atoms with E-state index in [9.17, 15) is 9.59 Å². The number of anilines is 1. The molecule has 7 heteroatoms. The predicted octanol–water partition coefficient (Wildman–Crippen LogP) is 2.37. The first-order chi connectivity index (χ1) is 11.2. The number of rotatable bonds is 6. The summed E-state index contributed by atoms with van der Waals surface area (Å²) in [7, 11) is 0. The predicted molar refractivity (Wildman–Crippen MR) is 89.5 cm³/mol. The standard InChI is InChI=1S/C17H27N3O4/c1-12-8-14(19-24-12)18-15(21)11-20(10-13-6-5-7-23-13)16(22)9-17(2,3)4/h8,13H,5-7,9-11H2,1-4H3,(H,18,19,21)/t13-/m1/s1. The van der Waals surface area contributed by atoms with E-state index in [1.165, 1.54) is 0 Å². The summed E-state index contributed by atoms with van der Waals surface area (Å²) in [4.78, 5) is 26.4. The van der Waals surface area contributed by atoms with Crippen molar-refractivity contribution in [1.29, 1.82) is 0 Å². The first kappa shape index (κ1) is 18.4. The fraction of sp³-hybridized carbons (Fsp3) is 0.706. The van der Waals surface area contributed by atoms with Gasteiger partial charge in [-0.3, -0.25) is 9.59 Å². The monoisotopic (exact) mass is 337 g/mol. The quantitative estimate of drug-likeness (QED) is 0.861. The van der Waals surface area contributed by atoms with Crippen LogP contribution < -0.4 is 5.32 Å². The highest BCUT2D eigenvalue weighted by Gasteiger charge is 2.27. The van der Waals surface area contributed by atoms with E-state index in [-0.39, 0.29) is 29.9 Å². The zero-order valence-electron chi connectivity index (χ0n) is 14.9. The van der Waals surface area contributed by atoms with E-state index >= 15 is 0 Å². The van der Waals surface area contributed by atoms with Gasteiger partial charge in [0.05, 0.1) is 12.6 Å². The fourth-order valence-electron chi connectivity index (χ4n) is 2.64. The molecule has 7 nitrogen and oxygen atoms in total. The second-order valence-electron chi connectivity index (χ2n) is 7.52. The van der Waals surface area contributed by atoms with Gasteiger partial charge in [0.25, 0.3) is 0 Å². The summed E-state index contributed by atoms with van der Waals surface area (Å²) in [6, 6.07) is 1.64. The number of hydrogen-bond acceptors (Lipinski definition) is 5. The SMILES string of the molecule is Cc1cc(NC(=O)CN(C[C@H]2CCCO2)C(=O)CC(C)(C)C)no1. The fourth-order valence-corrected chi connectivity index (χ4v) is 2.64. The maximum Gasteiger partial charge on any atom is 0.245 e. The zero-order valence-corrected chi connectivity index (χ0v) is 14.9. The molecule has 24 heavy (non-hydrogen) atoms. The normalized spacial score (nSPS) is 17.8. The van der Waals surface area contributed by atoms with Crippen LogP contribution in [0.5, 0.6) is 0 Å². The first-order valence-electron chi connectivity index (χ1n) is 8.35. The Morgan fingerprint density at radius 1 is 1.42 bits per heavy atom. The van der Waals surface area contributed by atoms with Gasteiger partial charge < -0.3 is 19.5 Å². The minimum atomic E-state index is -0.288. The van der Waals surface area contributed by atoms with Crippen LogP contribution in [-0.2, 0) is 14.3 Å². The molecule has 0 aliphatic carbocycles. The smallest absolute Gasteiger partial charge is 0.245 e. The average molecular weight is 337 g/mol. The summed E-state index contributed by atoms with van der Waals surface area (Å²) >= 11 is 0. The second-order valence-corrected chi connectivity index (χ2v) is 7.52. The van der Waals surface area contributed by atoms with Crippen molar-refractivity contribution < 1.29 is 18.8 Å². The van der Waals surface area contributed by atoms with Gasteiger partial charge in [0, 0.05) is 25.6 Å². The third kappa shape index (κ3) is 5.96. The maximum atomic E-state index is 12.6. The van der Waals surface area contributed by atoms with E-state index in [1.807, 2.05) is 20.8 Å². The average Bonchev–Trinajstić information content (AvgIpc) is 3.08. The highest BCUT2D eigenvalue weighted by Crippen LogP contribution is 2.21. The molecule has 0 saturated carbocycles. The van der Waals surface area contributed by atoms with E-state index in [4.69, 9.17) is 9.26 Å². The molecule has 0 aromatic carbocycles. The van der Waals surface area contributed by atoms with Crippen molar-refractivity contribution in [3.63, 3.8) is 0 Å². The molecule has 2 amide bonds. The number of ether oxygens (including phenoxy) is 1. The third-order valence-electron chi connectivity index (χ3n) is 3.71. The van der Waals surface area contributed by atoms with Crippen LogP contribution in [0, 0.1) is 12.3 Å². The number of carbonyl (C=O) groups excluding carboxylic acids is 2. The highest BCUT2D eigenvalue weighted by atomic mass is 16.5. The van der Waals surface area contributed by atoms with Crippen molar-refractivity contribution in [2.24, 2.45) is 5.41 Å². The number of hydrogen-bond donors (Lipinski definition) is 1. The van der Waals surface area contributed by atoms with Gasteiger partial charge in [-0.15, -0.1) is 0 Å². The summed E-state index contributed by atoms with van der Waals surface area (Å²) in [5, 5.41) is 6.39. The molecule has 2 rings (SSSR count). The molecule has 1 aliphatic rings. The lowest BCUT2D eigenvalue weighted by atomic mass is 9.91. The Hall–Kier alpha value is -1.89. The molecule has 1 atom stereocenters. The Bertz CT molecular complexity index is 571. The van der Waals surface area contributed by atoms with E-state index < -0.39 is 0 Å². The Morgan fingerprint density at radius 2 is 2.17 bits per heavy atom. The van der Waals surface area contributed by atoms with Gasteiger partial charge in [-0.1, -0.05) is 25.9 Å². The van der Waals surface area contributed by atoms with E-state index in [0.29, 0.717) is 24.5 Å². The molecular weight excluding hydrogens is 310 g/mol. The van der Waals surface area contributed by atoms with E-state index in [1.54, 1.807) is 17.9 Å². The lowest BCUT2D eigenvalue weighted by Crippen LogP contribution is -2.43. The second kappa shape index (κ2) is 7.79. The Labute approximate surface area is 142 Å². The minimum Gasteiger partial charge on any atom is -0.376 e. The van der Waals surface area contributed by atoms with Gasteiger partial charge in [-0.05, 0) is 25.2 Å². The molecule has 0 spiro atoms. The van der Waals surface area contributed by atoms with E-state index in [2.05, 4.69) is 10.5 Å². The van der Waals surface area contributed by atoms with E-state index in [0.717, 1.165) is 19.4 Å². The van der Waals surface area contributed by atoms with Gasteiger partial charge in [0.15, 0.2) is 5.82 Å². The van der Waals surface area contributed by atoms with Crippen molar-refractivity contribution in [2.45, 2.75) is 53.1 Å². The number of nitrogens with zero attached hydrogens (tertiary/aromatic N) is 2. The van der Waals surface area contributed by atoms with Gasteiger partial charge >= 0.3 is 0 Å². The molecule has 2 heterocycles. The number of aryl methyl sites for hydroxylation is 1. The number of carbonyl (C=O) groups is 2. The Kier molecular flexibility index (Phi) is 5.99. The van der Waals surface area contributed by atoms with Gasteiger partial charge in [-0.25, -0.2) is 0 Å². The molecule has 1 aromatic heterocycles. The van der Waals surface area contributed by atoms with Crippen LogP contribution in [0.4, 0.5) is 5.82 Å². The molecular formula is C17H27N3O4. The van der Waals surface area contributed by atoms with Gasteiger partial charge in [0.1, 0.15) is 5.76 Å². The summed E-state index contributed by atoms with van der Waals surface area (Å²) in [6.45, 7) is 8.92. The lowest BCUT2D eigenvalue weighted by molar-refractivity contribution is -0.137. The molecule has 0 bridgehead atoms. The van der Waals surface area contributed by atoms with Crippen molar-refractivity contribution in [2.75, 3.05) is 25.0 Å². The number of nitrogens with one attached hydrogen (secondary N) is 1. The topological polar surface area (TPSA) is 84.7 Å². The maximum absolute atomic E-state index is 12.6. The van der Waals surface area contributed by atoms with Crippen LogP contribution >= 0.6 is 0 Å². The molecule has 0 radical (unpaired) electrons. The molecule has 1 saturated heterocycles. The first-order valence-corrected chi connectivity index (χ1v) is 8.35. The van der Waals surface area contributed by atoms with Crippen LogP contribution in [-0.4, -0.2) is 47.7 Å². The minimum absolute atomic E-state index is 0.0102.